The number of hydrogen-bond donors (Lipinski definition) is 3. The number of ether oxygens (including phenoxy) is 1. The number of anilines is 1. The Balaban J connectivity index is 1.70. The van der Waals surface area contributed by atoms with Gasteiger partial charge in [0.1, 0.15) is 0 Å². The zero-order valence-corrected chi connectivity index (χ0v) is 17.3. The van der Waals surface area contributed by atoms with E-state index in [1.807, 2.05) is 11.8 Å². The summed E-state index contributed by atoms with van der Waals surface area (Å²) in [5, 5.41) is 12.6. The quantitative estimate of drug-likeness (QED) is 0.652. The molecule has 3 heterocycles. The summed E-state index contributed by atoms with van der Waals surface area (Å²) in [4.78, 5) is 37.2. The van der Waals surface area contributed by atoms with Gasteiger partial charge in [0, 0.05) is 20.2 Å². The number of aryl methyl sites for hydroxylation is 2. The van der Waals surface area contributed by atoms with Crippen molar-refractivity contribution < 1.29 is 19.4 Å². The van der Waals surface area contributed by atoms with E-state index in [9.17, 15) is 14.7 Å². The molecule has 1 saturated heterocycles. The number of aromatic nitrogens is 3. The number of carbonyl (C=O) groups is 2. The fraction of sp³-hybridized carbons (Fsp3) is 0.474. The van der Waals surface area contributed by atoms with Crippen molar-refractivity contribution in [3.05, 3.63) is 40.2 Å². The van der Waals surface area contributed by atoms with E-state index < -0.39 is 5.97 Å². The molecule has 0 spiro atoms. The highest BCUT2D eigenvalue weighted by molar-refractivity contribution is 6.30. The normalized spacial score (nSPS) is 19.2. The molecule has 0 aliphatic carbocycles. The van der Waals surface area contributed by atoms with Gasteiger partial charge in [0.05, 0.1) is 41.0 Å². The first-order valence-electron chi connectivity index (χ1n) is 9.37. The average molecular weight is 422 g/mol. The number of carboxylic acid groups (broad SMARTS) is 1. The summed E-state index contributed by atoms with van der Waals surface area (Å²) < 4.78 is 5.59. The van der Waals surface area contributed by atoms with Crippen molar-refractivity contribution in [3.63, 3.8) is 0 Å². The second kappa shape index (κ2) is 8.79. The van der Waals surface area contributed by atoms with Crippen molar-refractivity contribution in [3.8, 4) is 0 Å². The number of rotatable bonds is 6. The van der Waals surface area contributed by atoms with Crippen LogP contribution in [-0.4, -0.2) is 64.3 Å². The molecule has 0 saturated carbocycles. The molecule has 1 aliphatic heterocycles. The molecule has 156 valence electrons. The highest BCUT2D eigenvalue weighted by Crippen LogP contribution is 2.23. The second-order valence-electron chi connectivity index (χ2n) is 6.93. The minimum Gasteiger partial charge on any atom is -0.478 e. The molecule has 1 fully saturated rings. The Bertz CT molecular complexity index is 916. The molecule has 0 unspecified atom stereocenters. The first kappa shape index (κ1) is 21.1. The third-order valence-electron chi connectivity index (χ3n) is 5.14. The Labute approximate surface area is 173 Å². The summed E-state index contributed by atoms with van der Waals surface area (Å²) in [6.07, 6.45) is 2.65. The second-order valence-corrected chi connectivity index (χ2v) is 7.29. The van der Waals surface area contributed by atoms with Gasteiger partial charge in [0.15, 0.2) is 11.0 Å². The molecule has 2 atom stereocenters. The van der Waals surface area contributed by atoms with E-state index in [0.717, 1.165) is 5.69 Å². The maximum absolute atomic E-state index is 12.6. The minimum atomic E-state index is -1.01. The Hall–Kier alpha value is -2.65. The number of carboxylic acids is 1. The molecule has 29 heavy (non-hydrogen) atoms. The molecule has 0 aromatic carbocycles. The van der Waals surface area contributed by atoms with Crippen molar-refractivity contribution in [2.45, 2.75) is 38.8 Å². The maximum Gasteiger partial charge on any atom is 0.337 e. The third kappa shape index (κ3) is 4.51. The Morgan fingerprint density at radius 2 is 2.24 bits per heavy atom. The van der Waals surface area contributed by atoms with E-state index in [4.69, 9.17) is 16.3 Å². The van der Waals surface area contributed by atoms with Crippen LogP contribution in [-0.2, 0) is 11.2 Å². The topological polar surface area (TPSA) is 120 Å². The van der Waals surface area contributed by atoms with Gasteiger partial charge < -0.3 is 25.0 Å². The van der Waals surface area contributed by atoms with Crippen LogP contribution in [0.1, 0.15) is 45.7 Å². The largest absolute Gasteiger partial charge is 0.478 e. The number of aromatic amines is 1. The number of halogens is 1. The molecule has 10 heteroatoms. The fourth-order valence-corrected chi connectivity index (χ4v) is 3.70. The zero-order chi connectivity index (χ0) is 21.1. The van der Waals surface area contributed by atoms with Crippen molar-refractivity contribution in [2.24, 2.45) is 0 Å². The van der Waals surface area contributed by atoms with E-state index in [-0.39, 0.29) is 29.4 Å². The molecule has 2 aromatic rings. The lowest BCUT2D eigenvalue weighted by Crippen LogP contribution is -2.55. The average Bonchev–Trinajstić information content (AvgIpc) is 3.09. The fourth-order valence-electron chi connectivity index (χ4n) is 3.43. The van der Waals surface area contributed by atoms with Gasteiger partial charge in [-0.2, -0.15) is 0 Å². The predicted molar refractivity (Wildman–Crippen MR) is 108 cm³/mol. The van der Waals surface area contributed by atoms with Crippen LogP contribution >= 0.6 is 11.6 Å². The summed E-state index contributed by atoms with van der Waals surface area (Å²) in [5.74, 6) is -1.17. The van der Waals surface area contributed by atoms with Gasteiger partial charge in [0.2, 0.25) is 0 Å². The SMILES string of the molecule is CCc1[nH]c(C(=O)N[C@H]2CCN(c3cnc(C)c(C(=O)O)c3)C[C@H]2OC)nc1Cl. The van der Waals surface area contributed by atoms with Crippen LogP contribution in [0.25, 0.3) is 0 Å². The molecular weight excluding hydrogens is 398 g/mol. The van der Waals surface area contributed by atoms with E-state index in [2.05, 4.69) is 20.3 Å². The van der Waals surface area contributed by atoms with Gasteiger partial charge in [-0.25, -0.2) is 9.78 Å². The number of nitrogens with zero attached hydrogens (tertiary/aromatic N) is 3. The van der Waals surface area contributed by atoms with E-state index in [1.54, 1.807) is 26.3 Å². The molecule has 1 amide bonds. The highest BCUT2D eigenvalue weighted by Gasteiger charge is 2.32. The molecular formula is C19H24ClN5O4. The van der Waals surface area contributed by atoms with Crippen LogP contribution < -0.4 is 10.2 Å². The first-order valence-corrected chi connectivity index (χ1v) is 9.74. The number of pyridine rings is 1. The van der Waals surface area contributed by atoms with E-state index >= 15 is 0 Å². The predicted octanol–water partition coefficient (Wildman–Crippen LogP) is 2.05. The Morgan fingerprint density at radius 1 is 1.48 bits per heavy atom. The van der Waals surface area contributed by atoms with Crippen molar-refractivity contribution in [1.29, 1.82) is 0 Å². The van der Waals surface area contributed by atoms with Crippen LogP contribution in [0.3, 0.4) is 0 Å². The van der Waals surface area contributed by atoms with Crippen LogP contribution in [0.15, 0.2) is 12.3 Å². The third-order valence-corrected chi connectivity index (χ3v) is 5.46. The van der Waals surface area contributed by atoms with Crippen molar-refractivity contribution in [1.82, 2.24) is 20.3 Å². The van der Waals surface area contributed by atoms with Crippen LogP contribution in [0.2, 0.25) is 5.15 Å². The van der Waals surface area contributed by atoms with Gasteiger partial charge in [0.25, 0.3) is 5.91 Å². The molecule has 1 aliphatic rings. The van der Waals surface area contributed by atoms with Gasteiger partial charge >= 0.3 is 5.97 Å². The number of carbonyl (C=O) groups excluding carboxylic acids is 1. The molecule has 3 N–H and O–H groups in total. The van der Waals surface area contributed by atoms with Gasteiger partial charge in [-0.05, 0) is 25.8 Å². The lowest BCUT2D eigenvalue weighted by Gasteiger charge is -2.39. The maximum atomic E-state index is 12.6. The molecule has 9 nitrogen and oxygen atoms in total. The number of piperidine rings is 1. The van der Waals surface area contributed by atoms with Gasteiger partial charge in [-0.3, -0.25) is 9.78 Å². The monoisotopic (exact) mass is 421 g/mol. The van der Waals surface area contributed by atoms with Gasteiger partial charge in [-0.1, -0.05) is 18.5 Å². The number of H-pyrrole nitrogens is 1. The van der Waals surface area contributed by atoms with Crippen molar-refractivity contribution >= 4 is 29.2 Å². The van der Waals surface area contributed by atoms with Crippen molar-refractivity contribution in [2.75, 3.05) is 25.1 Å². The number of methoxy groups -OCH3 is 1. The summed E-state index contributed by atoms with van der Waals surface area (Å²) in [6, 6.07) is 1.41. The minimum absolute atomic E-state index is 0.174. The Kier molecular flexibility index (Phi) is 6.39. The number of imidazole rings is 1. The Morgan fingerprint density at radius 3 is 2.86 bits per heavy atom. The lowest BCUT2D eigenvalue weighted by atomic mass is 10.0. The lowest BCUT2D eigenvalue weighted by molar-refractivity contribution is 0.0538. The molecule has 0 bridgehead atoms. The zero-order valence-electron chi connectivity index (χ0n) is 16.5. The summed E-state index contributed by atoms with van der Waals surface area (Å²) >= 11 is 6.02. The van der Waals surface area contributed by atoms with Crippen LogP contribution in [0.4, 0.5) is 5.69 Å². The van der Waals surface area contributed by atoms with Crippen LogP contribution in [0.5, 0.6) is 0 Å². The molecule has 3 rings (SSSR count). The summed E-state index contributed by atoms with van der Waals surface area (Å²) in [7, 11) is 1.59. The first-order chi connectivity index (χ1) is 13.8. The standard InChI is InChI=1S/C19H24ClN5O4/c1-4-13-16(20)24-17(22-13)18(26)23-14-5-6-25(9-15(14)29-3)11-7-12(19(27)28)10(2)21-8-11/h7-8,14-15H,4-6,9H2,1-3H3,(H,22,24)(H,23,26)(H,27,28)/t14-,15+/m0/s1. The van der Waals surface area contributed by atoms with Crippen LogP contribution in [0, 0.1) is 6.92 Å². The number of nitrogens with one attached hydrogen (secondary N) is 2. The number of aromatic carboxylic acids is 1. The van der Waals surface area contributed by atoms with Gasteiger partial charge in [-0.15, -0.1) is 0 Å². The molecule has 2 aromatic heterocycles. The smallest absolute Gasteiger partial charge is 0.337 e. The van der Waals surface area contributed by atoms with E-state index in [0.29, 0.717) is 42.5 Å². The molecule has 0 radical (unpaired) electrons. The summed E-state index contributed by atoms with van der Waals surface area (Å²) in [6.45, 7) is 4.70. The highest BCUT2D eigenvalue weighted by atomic mass is 35.5. The number of hydrogen-bond acceptors (Lipinski definition) is 6. The summed E-state index contributed by atoms with van der Waals surface area (Å²) in [5.41, 5.74) is 2.07. The number of amides is 1. The van der Waals surface area contributed by atoms with E-state index in [1.165, 1.54) is 0 Å².